The third kappa shape index (κ3) is 7.29. The van der Waals surface area contributed by atoms with Crippen molar-refractivity contribution >= 4 is 37.1 Å². The van der Waals surface area contributed by atoms with Gasteiger partial charge in [-0.3, -0.25) is 0 Å². The van der Waals surface area contributed by atoms with Gasteiger partial charge < -0.3 is 0 Å². The smallest absolute Gasteiger partial charge is 0.00105 e. The second-order valence-corrected chi connectivity index (χ2v) is 17.6. The zero-order valence-electron chi connectivity index (χ0n) is 26.0. The van der Waals surface area contributed by atoms with Crippen LogP contribution in [0.25, 0.3) is 0 Å². The summed E-state index contributed by atoms with van der Waals surface area (Å²) in [4.78, 5) is 0. The molecule has 0 heterocycles. The molecule has 0 saturated carbocycles. The van der Waals surface area contributed by atoms with Crippen LogP contribution in [0.1, 0.15) is 63.8 Å². The van der Waals surface area contributed by atoms with Crippen molar-refractivity contribution in [2.75, 3.05) is 0 Å². The summed E-state index contributed by atoms with van der Waals surface area (Å²) >= 11 is 0. The van der Waals surface area contributed by atoms with Crippen LogP contribution in [0.5, 0.6) is 0 Å². The molecule has 0 radical (unpaired) electrons. The van der Waals surface area contributed by atoms with E-state index in [0.717, 1.165) is 12.3 Å². The molecule has 0 fully saturated rings. The maximum Gasteiger partial charge on any atom is 0.00105 e. The average molecular weight is 587 g/mol. The second kappa shape index (κ2) is 13.1. The average Bonchev–Trinajstić information content (AvgIpc) is 2.99. The van der Waals surface area contributed by atoms with Gasteiger partial charge in [-0.05, 0) is 70.1 Å². The minimum Gasteiger partial charge on any atom is -0.0622 e. The van der Waals surface area contributed by atoms with Crippen molar-refractivity contribution in [3.05, 3.63) is 156 Å². The Bertz CT molecular complexity index is 1360. The molecule has 5 aromatic carbocycles. The Morgan fingerprint density at radius 2 is 0.643 bits per heavy atom. The molecule has 5 rings (SSSR count). The van der Waals surface area contributed by atoms with E-state index in [2.05, 4.69) is 175 Å². The van der Waals surface area contributed by atoms with Crippen molar-refractivity contribution in [2.45, 2.75) is 64.7 Å². The van der Waals surface area contributed by atoms with E-state index in [9.17, 15) is 0 Å². The molecule has 0 atom stereocenters. The molecule has 0 bridgehead atoms. The first kappa shape index (κ1) is 30.4. The fraction of sp³-hybridized carbons (Fsp3) is 0.250. The number of benzene rings is 5. The van der Waals surface area contributed by atoms with Crippen LogP contribution in [0.2, 0.25) is 0 Å². The molecule has 0 N–H and O–H groups in total. The molecule has 2 heteroatoms. The first-order valence-electron chi connectivity index (χ1n) is 15.0. The largest absolute Gasteiger partial charge is 0.0622 e. The summed E-state index contributed by atoms with van der Waals surface area (Å²) in [6.07, 6.45) is 2.09. The SMILES string of the molecule is CC(C)(C)c1cc(C(C)(C)C)c(CP(c2ccccc2)c2ccccc2)cc1CP(c1ccccc1)c1ccccc1. The van der Waals surface area contributed by atoms with Gasteiger partial charge >= 0.3 is 0 Å². The second-order valence-electron chi connectivity index (χ2n) is 13.2. The highest BCUT2D eigenvalue weighted by Crippen LogP contribution is 2.46. The molecule has 214 valence electrons. The van der Waals surface area contributed by atoms with Crippen molar-refractivity contribution in [1.29, 1.82) is 0 Å². The summed E-state index contributed by atoms with van der Waals surface area (Å²) < 4.78 is 0. The lowest BCUT2D eigenvalue weighted by Gasteiger charge is -2.32. The Kier molecular flexibility index (Phi) is 9.47. The molecule has 0 aliphatic heterocycles. The van der Waals surface area contributed by atoms with Crippen LogP contribution < -0.4 is 21.2 Å². The minimum atomic E-state index is -0.543. The standard InChI is InChI=1S/C40H44P2/c1-39(2,3)37-28-38(40(4,5)6)32(30-42(35-23-15-9-16-24-35)36-25-17-10-18-26-36)27-31(37)29-41(33-19-11-7-12-20-33)34-21-13-8-14-22-34/h7-28H,29-30H2,1-6H3. The van der Waals surface area contributed by atoms with Crippen LogP contribution in [0, 0.1) is 0 Å². The molecule has 0 aliphatic carbocycles. The topological polar surface area (TPSA) is 0 Å². The monoisotopic (exact) mass is 586 g/mol. The quantitative estimate of drug-likeness (QED) is 0.159. The number of hydrogen-bond donors (Lipinski definition) is 0. The molecule has 42 heavy (non-hydrogen) atoms. The normalized spacial score (nSPS) is 12.2. The van der Waals surface area contributed by atoms with Crippen molar-refractivity contribution in [3.8, 4) is 0 Å². The molecular formula is C40H44P2. The van der Waals surface area contributed by atoms with Crippen LogP contribution in [0.3, 0.4) is 0 Å². The van der Waals surface area contributed by atoms with E-state index in [-0.39, 0.29) is 10.8 Å². The molecule has 0 aliphatic rings. The van der Waals surface area contributed by atoms with Crippen molar-refractivity contribution in [1.82, 2.24) is 0 Å². The van der Waals surface area contributed by atoms with E-state index in [1.54, 1.807) is 0 Å². The lowest BCUT2D eigenvalue weighted by molar-refractivity contribution is 0.562. The van der Waals surface area contributed by atoms with Gasteiger partial charge in [0.05, 0.1) is 0 Å². The summed E-state index contributed by atoms with van der Waals surface area (Å²) in [6, 6.07) is 49.9. The van der Waals surface area contributed by atoms with Gasteiger partial charge in [-0.2, -0.15) is 0 Å². The van der Waals surface area contributed by atoms with Gasteiger partial charge in [0.1, 0.15) is 0 Å². The van der Waals surface area contributed by atoms with E-state index in [0.29, 0.717) is 0 Å². The van der Waals surface area contributed by atoms with Crippen molar-refractivity contribution in [3.63, 3.8) is 0 Å². The summed E-state index contributed by atoms with van der Waals surface area (Å²) in [7, 11) is -1.09. The third-order valence-electron chi connectivity index (χ3n) is 7.87. The van der Waals surface area contributed by atoms with Crippen molar-refractivity contribution < 1.29 is 0 Å². The first-order valence-corrected chi connectivity index (χ1v) is 18.1. The lowest BCUT2D eigenvalue weighted by atomic mass is 9.77. The van der Waals surface area contributed by atoms with E-state index < -0.39 is 15.8 Å². The maximum atomic E-state index is 2.61. The van der Waals surface area contributed by atoms with Crippen LogP contribution in [-0.4, -0.2) is 0 Å². The predicted molar refractivity (Wildman–Crippen MR) is 189 cm³/mol. The zero-order valence-corrected chi connectivity index (χ0v) is 27.8. The molecule has 5 aromatic rings. The van der Waals surface area contributed by atoms with E-state index in [4.69, 9.17) is 0 Å². The number of rotatable bonds is 8. The molecule has 0 spiro atoms. The van der Waals surface area contributed by atoms with Gasteiger partial charge in [-0.15, -0.1) is 0 Å². The molecular weight excluding hydrogens is 542 g/mol. The summed E-state index contributed by atoms with van der Waals surface area (Å²) in [6.45, 7) is 14.3. The third-order valence-corrected chi connectivity index (χ3v) is 12.9. The van der Waals surface area contributed by atoms with Gasteiger partial charge in [-0.1, -0.05) is 175 Å². The molecule has 0 unspecified atom stereocenters. The Balaban J connectivity index is 1.68. The lowest BCUT2D eigenvalue weighted by Crippen LogP contribution is -2.23. The molecule has 0 nitrogen and oxygen atoms in total. The van der Waals surface area contributed by atoms with E-state index in [1.807, 2.05) is 0 Å². The fourth-order valence-corrected chi connectivity index (χ4v) is 10.4. The van der Waals surface area contributed by atoms with Crippen LogP contribution in [0.4, 0.5) is 0 Å². The van der Waals surface area contributed by atoms with Crippen LogP contribution in [0.15, 0.2) is 133 Å². The van der Waals surface area contributed by atoms with Gasteiger partial charge in [0.2, 0.25) is 0 Å². The Morgan fingerprint density at radius 1 is 0.381 bits per heavy atom. The van der Waals surface area contributed by atoms with Crippen molar-refractivity contribution in [2.24, 2.45) is 0 Å². The maximum absolute atomic E-state index is 2.61. The highest BCUT2D eigenvalue weighted by atomic mass is 31.1. The van der Waals surface area contributed by atoms with Crippen LogP contribution in [-0.2, 0) is 23.2 Å². The van der Waals surface area contributed by atoms with Gasteiger partial charge in [0, 0.05) is 12.3 Å². The minimum absolute atomic E-state index is 0.0475. The summed E-state index contributed by atoms with van der Waals surface area (Å²) in [5.74, 6) is 0. The van der Waals surface area contributed by atoms with E-state index in [1.165, 1.54) is 43.5 Å². The highest BCUT2D eigenvalue weighted by molar-refractivity contribution is 7.72. The van der Waals surface area contributed by atoms with Gasteiger partial charge in [0.15, 0.2) is 0 Å². The molecule has 0 saturated heterocycles. The molecule has 0 amide bonds. The van der Waals surface area contributed by atoms with Crippen LogP contribution >= 0.6 is 15.8 Å². The fourth-order valence-electron chi connectivity index (χ4n) is 5.79. The predicted octanol–water partition coefficient (Wildman–Crippen LogP) is 9.55. The highest BCUT2D eigenvalue weighted by Gasteiger charge is 2.28. The Labute approximate surface area is 256 Å². The Morgan fingerprint density at radius 3 is 0.881 bits per heavy atom. The summed E-state index contributed by atoms with van der Waals surface area (Å²) in [5.41, 5.74) is 6.07. The number of hydrogen-bond acceptors (Lipinski definition) is 0. The molecule has 0 aromatic heterocycles. The summed E-state index contributed by atoms with van der Waals surface area (Å²) in [5, 5.41) is 5.76. The van der Waals surface area contributed by atoms with Gasteiger partial charge in [-0.25, -0.2) is 0 Å². The first-order chi connectivity index (χ1) is 20.1. The van der Waals surface area contributed by atoms with Gasteiger partial charge in [0.25, 0.3) is 0 Å². The Hall–Kier alpha value is -3.04. The zero-order chi connectivity index (χ0) is 29.7. The van der Waals surface area contributed by atoms with E-state index >= 15 is 0 Å².